The normalized spacial score (nSPS) is 17.7. The highest BCUT2D eigenvalue weighted by molar-refractivity contribution is 8.05. The molecule has 0 saturated carbocycles. The zero-order valence-corrected chi connectivity index (χ0v) is 16.2. The number of aryl methyl sites for hydroxylation is 1. The van der Waals surface area contributed by atoms with Gasteiger partial charge in [-0.05, 0) is 19.1 Å². The summed E-state index contributed by atoms with van der Waals surface area (Å²) in [5, 5.41) is 20.1. The maximum Gasteiger partial charge on any atom is 0.272 e. The first kappa shape index (κ1) is 20.1. The highest BCUT2D eigenvalue weighted by Gasteiger charge is 2.41. The van der Waals surface area contributed by atoms with Crippen molar-refractivity contribution in [3.05, 3.63) is 80.4 Å². The lowest BCUT2D eigenvalue weighted by Gasteiger charge is -2.18. The van der Waals surface area contributed by atoms with Crippen LogP contribution in [0.1, 0.15) is 11.1 Å². The molecule has 1 aliphatic heterocycles. The standard InChI is InChI=1S/C20H16N4O4S/c1-12-6-8-14(9-7-12)23-19(26)17(29-20(23)15(11-21)18(22)25)10-13-4-2-3-5-16(13)24(27)28/h2-9,17H,10H2,1H3,(H2,22,25). The van der Waals surface area contributed by atoms with Crippen LogP contribution in [0.2, 0.25) is 0 Å². The molecule has 1 saturated heterocycles. The Morgan fingerprint density at radius 3 is 2.52 bits per heavy atom. The van der Waals surface area contributed by atoms with E-state index >= 15 is 0 Å². The summed E-state index contributed by atoms with van der Waals surface area (Å²) >= 11 is 1.01. The van der Waals surface area contributed by atoms with E-state index in [9.17, 15) is 25.0 Å². The highest BCUT2D eigenvalue weighted by atomic mass is 32.2. The Morgan fingerprint density at radius 2 is 1.93 bits per heavy atom. The van der Waals surface area contributed by atoms with Crippen molar-refractivity contribution in [2.75, 3.05) is 4.90 Å². The Balaban J connectivity index is 2.06. The van der Waals surface area contributed by atoms with Gasteiger partial charge in [0.25, 0.3) is 11.6 Å². The van der Waals surface area contributed by atoms with E-state index < -0.39 is 16.1 Å². The fraction of sp³-hybridized carbons (Fsp3) is 0.150. The number of nitrogens with two attached hydrogens (primary N) is 1. The van der Waals surface area contributed by atoms with E-state index in [0.717, 1.165) is 17.3 Å². The maximum absolute atomic E-state index is 13.2. The third-order valence-corrected chi connectivity index (χ3v) is 5.67. The predicted octanol–water partition coefficient (Wildman–Crippen LogP) is 2.81. The van der Waals surface area contributed by atoms with E-state index in [0.29, 0.717) is 11.3 Å². The van der Waals surface area contributed by atoms with Crippen LogP contribution in [0.5, 0.6) is 0 Å². The van der Waals surface area contributed by atoms with Gasteiger partial charge < -0.3 is 5.73 Å². The first-order chi connectivity index (χ1) is 13.8. The van der Waals surface area contributed by atoms with E-state index in [4.69, 9.17) is 5.73 Å². The molecule has 1 heterocycles. The fourth-order valence-electron chi connectivity index (χ4n) is 2.99. The predicted molar refractivity (Wildman–Crippen MR) is 109 cm³/mol. The molecular formula is C20H16N4O4S. The number of amides is 2. The quantitative estimate of drug-likeness (QED) is 0.350. The van der Waals surface area contributed by atoms with Crippen LogP contribution in [0.25, 0.3) is 0 Å². The second-order valence-electron chi connectivity index (χ2n) is 6.36. The number of hydrogen-bond donors (Lipinski definition) is 1. The van der Waals surface area contributed by atoms with Gasteiger partial charge in [-0.2, -0.15) is 5.26 Å². The number of hydrogen-bond acceptors (Lipinski definition) is 6. The third kappa shape index (κ3) is 3.97. The van der Waals surface area contributed by atoms with Crippen LogP contribution in [0.15, 0.2) is 59.1 Å². The minimum absolute atomic E-state index is 0.0734. The number of benzene rings is 2. The molecule has 1 aliphatic rings. The summed E-state index contributed by atoms with van der Waals surface area (Å²) in [6.45, 7) is 1.89. The molecule has 29 heavy (non-hydrogen) atoms. The van der Waals surface area contributed by atoms with Gasteiger partial charge in [0, 0.05) is 23.7 Å². The Bertz CT molecular complexity index is 1070. The first-order valence-electron chi connectivity index (χ1n) is 8.57. The second kappa shape index (κ2) is 8.16. The van der Waals surface area contributed by atoms with Crippen molar-refractivity contribution in [3.8, 4) is 6.07 Å². The van der Waals surface area contributed by atoms with Crippen LogP contribution in [-0.4, -0.2) is 22.0 Å². The summed E-state index contributed by atoms with van der Waals surface area (Å²) in [6.07, 6.45) is 0.0734. The van der Waals surface area contributed by atoms with Crippen LogP contribution >= 0.6 is 11.8 Å². The molecule has 2 aromatic carbocycles. The van der Waals surface area contributed by atoms with Crippen LogP contribution < -0.4 is 10.6 Å². The molecule has 2 N–H and O–H groups in total. The molecule has 0 bridgehead atoms. The van der Waals surface area contributed by atoms with Crippen molar-refractivity contribution < 1.29 is 14.5 Å². The number of carbonyl (C=O) groups is 2. The fourth-order valence-corrected chi connectivity index (χ4v) is 4.29. The molecule has 146 valence electrons. The summed E-state index contributed by atoms with van der Waals surface area (Å²) in [6, 6.07) is 15.0. The highest BCUT2D eigenvalue weighted by Crippen LogP contribution is 2.42. The van der Waals surface area contributed by atoms with Crippen LogP contribution in [-0.2, 0) is 16.0 Å². The molecule has 3 rings (SSSR count). The molecule has 1 fully saturated rings. The van der Waals surface area contributed by atoms with E-state index in [1.807, 2.05) is 6.92 Å². The summed E-state index contributed by atoms with van der Waals surface area (Å²) in [5.74, 6) is -1.31. The van der Waals surface area contributed by atoms with Gasteiger partial charge in [0.05, 0.1) is 10.2 Å². The van der Waals surface area contributed by atoms with Crippen LogP contribution in [0.4, 0.5) is 11.4 Å². The maximum atomic E-state index is 13.2. The smallest absolute Gasteiger partial charge is 0.272 e. The second-order valence-corrected chi connectivity index (χ2v) is 7.55. The number of nitro groups is 1. The average Bonchev–Trinajstić information content (AvgIpc) is 2.99. The van der Waals surface area contributed by atoms with Crippen molar-refractivity contribution in [2.45, 2.75) is 18.6 Å². The molecule has 0 spiro atoms. The first-order valence-corrected chi connectivity index (χ1v) is 9.45. The number of nitrogens with zero attached hydrogens (tertiary/aromatic N) is 3. The van der Waals surface area contributed by atoms with Crippen molar-refractivity contribution >= 4 is 35.0 Å². The van der Waals surface area contributed by atoms with Gasteiger partial charge in [-0.3, -0.25) is 24.6 Å². The molecule has 2 aromatic rings. The molecule has 9 heteroatoms. The SMILES string of the molecule is Cc1ccc(N2C(=O)C(Cc3ccccc3[N+](=O)[O-])SC2=C(C#N)C(N)=O)cc1. The minimum Gasteiger partial charge on any atom is -0.365 e. The number of para-hydroxylation sites is 1. The van der Waals surface area contributed by atoms with Crippen molar-refractivity contribution in [3.63, 3.8) is 0 Å². The zero-order chi connectivity index (χ0) is 21.1. The van der Waals surface area contributed by atoms with Gasteiger partial charge in [-0.15, -0.1) is 0 Å². The Morgan fingerprint density at radius 1 is 1.28 bits per heavy atom. The van der Waals surface area contributed by atoms with Gasteiger partial charge in [-0.25, -0.2) is 0 Å². The van der Waals surface area contributed by atoms with E-state index in [-0.39, 0.29) is 28.6 Å². The Labute approximate surface area is 170 Å². The van der Waals surface area contributed by atoms with Gasteiger partial charge in [0.2, 0.25) is 5.91 Å². The lowest BCUT2D eigenvalue weighted by molar-refractivity contribution is -0.385. The number of primary amides is 1. The number of anilines is 1. The number of rotatable bonds is 5. The van der Waals surface area contributed by atoms with Crippen LogP contribution in [0, 0.1) is 28.4 Å². The molecule has 8 nitrogen and oxygen atoms in total. The number of thioether (sulfide) groups is 1. The largest absolute Gasteiger partial charge is 0.365 e. The lowest BCUT2D eigenvalue weighted by atomic mass is 10.1. The molecular weight excluding hydrogens is 392 g/mol. The zero-order valence-electron chi connectivity index (χ0n) is 15.4. The monoisotopic (exact) mass is 408 g/mol. The number of nitriles is 1. The summed E-state index contributed by atoms with van der Waals surface area (Å²) in [4.78, 5) is 37.0. The third-order valence-electron chi connectivity index (χ3n) is 4.41. The minimum atomic E-state index is -0.939. The summed E-state index contributed by atoms with van der Waals surface area (Å²) in [7, 11) is 0. The topological polar surface area (TPSA) is 130 Å². The van der Waals surface area contributed by atoms with Gasteiger partial charge in [-0.1, -0.05) is 47.7 Å². The van der Waals surface area contributed by atoms with Crippen molar-refractivity contribution in [1.82, 2.24) is 0 Å². The van der Waals surface area contributed by atoms with Crippen molar-refractivity contribution in [1.29, 1.82) is 5.26 Å². The summed E-state index contributed by atoms with van der Waals surface area (Å²) in [5.41, 5.74) is 6.79. The number of nitro benzene ring substituents is 1. The van der Waals surface area contributed by atoms with Gasteiger partial charge in [0.15, 0.2) is 0 Å². The van der Waals surface area contributed by atoms with Crippen molar-refractivity contribution in [2.24, 2.45) is 5.73 Å². The van der Waals surface area contributed by atoms with E-state index in [2.05, 4.69) is 0 Å². The number of carbonyl (C=O) groups excluding carboxylic acids is 2. The summed E-state index contributed by atoms with van der Waals surface area (Å²) < 4.78 is 0. The van der Waals surface area contributed by atoms with Gasteiger partial charge in [0.1, 0.15) is 16.7 Å². The average molecular weight is 408 g/mol. The lowest BCUT2D eigenvalue weighted by Crippen LogP contribution is -2.31. The molecule has 1 atom stereocenters. The Kier molecular flexibility index (Phi) is 5.66. The molecule has 2 amide bonds. The Hall–Kier alpha value is -3.64. The van der Waals surface area contributed by atoms with E-state index in [1.54, 1.807) is 48.5 Å². The van der Waals surface area contributed by atoms with E-state index in [1.165, 1.54) is 11.0 Å². The van der Waals surface area contributed by atoms with Crippen LogP contribution in [0.3, 0.4) is 0 Å². The molecule has 1 unspecified atom stereocenters. The molecule has 0 radical (unpaired) electrons. The molecule has 0 aromatic heterocycles. The molecule has 0 aliphatic carbocycles. The van der Waals surface area contributed by atoms with Gasteiger partial charge >= 0.3 is 0 Å².